The molecular weight excluding hydrogens is 266 g/mol. The molecule has 21 heavy (non-hydrogen) atoms. The minimum absolute atomic E-state index is 0.242. The Kier molecular flexibility index (Phi) is 4.08. The number of nitrogens with zero attached hydrogens (tertiary/aromatic N) is 3. The molecule has 1 aromatic carbocycles. The summed E-state index contributed by atoms with van der Waals surface area (Å²) >= 11 is 0. The fourth-order valence-electron chi connectivity index (χ4n) is 2.87. The molecule has 0 spiro atoms. The van der Waals surface area contributed by atoms with Gasteiger partial charge in [0.1, 0.15) is 5.75 Å². The van der Waals surface area contributed by atoms with Crippen LogP contribution < -0.4 is 4.74 Å². The van der Waals surface area contributed by atoms with Crippen LogP contribution in [0.15, 0.2) is 24.4 Å². The molecule has 0 atom stereocenters. The van der Waals surface area contributed by atoms with Crippen molar-refractivity contribution in [1.82, 2.24) is 14.7 Å². The second kappa shape index (κ2) is 6.16. The fourth-order valence-corrected chi connectivity index (χ4v) is 2.87. The van der Waals surface area contributed by atoms with Crippen LogP contribution in [0.4, 0.5) is 0 Å². The summed E-state index contributed by atoms with van der Waals surface area (Å²) < 4.78 is 7.11. The number of benzene rings is 1. The maximum Gasteiger partial charge on any atom is 0.224 e. The number of carbonyl (C=O) groups excluding carboxylic acids is 1. The molecule has 1 aliphatic rings. The highest BCUT2D eigenvalue weighted by Gasteiger charge is 2.16. The quantitative estimate of drug-likeness (QED) is 0.868. The van der Waals surface area contributed by atoms with E-state index in [9.17, 15) is 4.79 Å². The van der Waals surface area contributed by atoms with E-state index >= 15 is 0 Å². The van der Waals surface area contributed by atoms with Crippen LogP contribution in [0.5, 0.6) is 5.75 Å². The number of ether oxygens (including phenoxy) is 1. The van der Waals surface area contributed by atoms with Gasteiger partial charge in [-0.25, -0.2) is 0 Å². The zero-order valence-corrected chi connectivity index (χ0v) is 12.4. The van der Waals surface area contributed by atoms with E-state index in [0.29, 0.717) is 13.0 Å². The Morgan fingerprint density at radius 2 is 2.10 bits per heavy atom. The van der Waals surface area contributed by atoms with Crippen LogP contribution in [0.3, 0.4) is 0 Å². The van der Waals surface area contributed by atoms with Crippen molar-refractivity contribution >= 4 is 16.8 Å². The summed E-state index contributed by atoms with van der Waals surface area (Å²) in [5.41, 5.74) is 1.04. The Morgan fingerprint density at radius 1 is 1.29 bits per heavy atom. The predicted octanol–water partition coefficient (Wildman–Crippen LogP) is 2.45. The number of amides is 1. The second-order valence-corrected chi connectivity index (χ2v) is 5.48. The molecule has 0 radical (unpaired) electrons. The molecule has 0 aliphatic carbocycles. The lowest BCUT2D eigenvalue weighted by atomic mass is 10.1. The summed E-state index contributed by atoms with van der Waals surface area (Å²) in [6, 6.07) is 5.88. The zero-order chi connectivity index (χ0) is 14.7. The van der Waals surface area contributed by atoms with Crippen molar-refractivity contribution in [2.45, 2.75) is 32.2 Å². The van der Waals surface area contributed by atoms with Crippen LogP contribution in [0.1, 0.15) is 25.7 Å². The van der Waals surface area contributed by atoms with Crippen molar-refractivity contribution in [1.29, 1.82) is 0 Å². The van der Waals surface area contributed by atoms with Gasteiger partial charge in [-0.3, -0.25) is 9.48 Å². The molecule has 0 N–H and O–H groups in total. The lowest BCUT2D eigenvalue weighted by Gasteiger charge is -2.26. The second-order valence-electron chi connectivity index (χ2n) is 5.48. The van der Waals surface area contributed by atoms with Crippen molar-refractivity contribution in [2.75, 3.05) is 20.2 Å². The highest BCUT2D eigenvalue weighted by atomic mass is 16.5. The molecule has 0 bridgehead atoms. The van der Waals surface area contributed by atoms with E-state index < -0.39 is 0 Å². The van der Waals surface area contributed by atoms with E-state index in [1.165, 1.54) is 6.42 Å². The molecule has 2 heterocycles. The number of aryl methyl sites for hydroxylation is 1. The molecule has 1 saturated heterocycles. The monoisotopic (exact) mass is 287 g/mol. The highest BCUT2D eigenvalue weighted by Crippen LogP contribution is 2.20. The van der Waals surface area contributed by atoms with E-state index in [0.717, 1.165) is 42.6 Å². The van der Waals surface area contributed by atoms with Crippen molar-refractivity contribution in [3.8, 4) is 5.75 Å². The number of piperidine rings is 1. The van der Waals surface area contributed by atoms with Crippen LogP contribution in [0, 0.1) is 0 Å². The topological polar surface area (TPSA) is 47.4 Å². The van der Waals surface area contributed by atoms with Gasteiger partial charge >= 0.3 is 0 Å². The molecule has 1 fully saturated rings. The average molecular weight is 287 g/mol. The van der Waals surface area contributed by atoms with E-state index in [1.54, 1.807) is 7.11 Å². The van der Waals surface area contributed by atoms with Gasteiger partial charge in [-0.2, -0.15) is 5.10 Å². The first-order valence-corrected chi connectivity index (χ1v) is 7.55. The largest absolute Gasteiger partial charge is 0.497 e. The lowest BCUT2D eigenvalue weighted by molar-refractivity contribution is -0.132. The predicted molar refractivity (Wildman–Crippen MR) is 81.3 cm³/mol. The van der Waals surface area contributed by atoms with E-state index in [-0.39, 0.29) is 5.91 Å². The number of methoxy groups -OCH3 is 1. The van der Waals surface area contributed by atoms with E-state index in [4.69, 9.17) is 4.74 Å². The molecule has 1 amide bonds. The van der Waals surface area contributed by atoms with Gasteiger partial charge < -0.3 is 9.64 Å². The zero-order valence-electron chi connectivity index (χ0n) is 12.4. The summed E-state index contributed by atoms with van der Waals surface area (Å²) in [5, 5.41) is 5.42. The maximum absolute atomic E-state index is 12.2. The summed E-state index contributed by atoms with van der Waals surface area (Å²) in [5.74, 6) is 1.07. The number of hydrogen-bond donors (Lipinski definition) is 0. The van der Waals surface area contributed by atoms with Gasteiger partial charge in [0, 0.05) is 24.9 Å². The van der Waals surface area contributed by atoms with E-state index in [2.05, 4.69) is 5.10 Å². The Hall–Kier alpha value is -2.04. The van der Waals surface area contributed by atoms with Gasteiger partial charge in [0.15, 0.2) is 0 Å². The summed E-state index contributed by atoms with van der Waals surface area (Å²) in [6.07, 6.45) is 5.86. The normalized spacial score (nSPS) is 15.4. The first kappa shape index (κ1) is 13.9. The number of aromatic nitrogens is 2. The van der Waals surface area contributed by atoms with Crippen molar-refractivity contribution in [3.05, 3.63) is 24.4 Å². The number of fused-ring (bicyclic) bond motifs is 1. The van der Waals surface area contributed by atoms with Gasteiger partial charge in [0.2, 0.25) is 5.91 Å². The number of rotatable bonds is 4. The molecule has 2 aromatic rings. The molecule has 112 valence electrons. The van der Waals surface area contributed by atoms with E-state index in [1.807, 2.05) is 34.0 Å². The van der Waals surface area contributed by atoms with Crippen molar-refractivity contribution < 1.29 is 9.53 Å². The number of likely N-dealkylation sites (tertiary alicyclic amines) is 1. The first-order valence-electron chi connectivity index (χ1n) is 7.55. The van der Waals surface area contributed by atoms with Crippen LogP contribution in [-0.2, 0) is 11.3 Å². The Morgan fingerprint density at radius 3 is 2.86 bits per heavy atom. The fraction of sp³-hybridized carbons (Fsp3) is 0.500. The third kappa shape index (κ3) is 3.01. The van der Waals surface area contributed by atoms with Gasteiger partial charge in [-0.1, -0.05) is 0 Å². The summed E-state index contributed by atoms with van der Waals surface area (Å²) in [6.45, 7) is 2.46. The number of carbonyl (C=O) groups is 1. The summed E-state index contributed by atoms with van der Waals surface area (Å²) in [4.78, 5) is 14.2. The molecule has 3 rings (SSSR count). The van der Waals surface area contributed by atoms with Crippen LogP contribution in [0.25, 0.3) is 10.9 Å². The standard InChI is InChI=1S/C16H21N3O2/c1-21-14-5-6-15-13(11-14)12-17-19(15)10-7-16(20)18-8-3-2-4-9-18/h5-6,11-12H,2-4,7-10H2,1H3. The maximum atomic E-state index is 12.2. The molecule has 0 saturated carbocycles. The molecule has 0 unspecified atom stereocenters. The Labute approximate surface area is 124 Å². The van der Waals surface area contributed by atoms with Gasteiger partial charge in [0.05, 0.1) is 25.4 Å². The molecule has 1 aliphatic heterocycles. The SMILES string of the molecule is COc1ccc2c(cnn2CCC(=O)N2CCCCC2)c1. The summed E-state index contributed by atoms with van der Waals surface area (Å²) in [7, 11) is 1.66. The van der Waals surface area contributed by atoms with Crippen LogP contribution >= 0.6 is 0 Å². The van der Waals surface area contributed by atoms with Crippen molar-refractivity contribution in [3.63, 3.8) is 0 Å². The average Bonchev–Trinajstić information content (AvgIpc) is 2.95. The van der Waals surface area contributed by atoms with Crippen LogP contribution in [0.2, 0.25) is 0 Å². The minimum Gasteiger partial charge on any atom is -0.497 e. The minimum atomic E-state index is 0.242. The Bertz CT molecular complexity index is 629. The Balaban J connectivity index is 1.66. The van der Waals surface area contributed by atoms with Gasteiger partial charge in [-0.15, -0.1) is 0 Å². The molecular formula is C16H21N3O2. The smallest absolute Gasteiger partial charge is 0.224 e. The first-order chi connectivity index (χ1) is 10.3. The molecule has 5 heteroatoms. The van der Waals surface area contributed by atoms with Crippen LogP contribution in [-0.4, -0.2) is 40.8 Å². The molecule has 1 aromatic heterocycles. The lowest BCUT2D eigenvalue weighted by Crippen LogP contribution is -2.36. The van der Waals surface area contributed by atoms with Crippen molar-refractivity contribution in [2.24, 2.45) is 0 Å². The third-order valence-corrected chi connectivity index (χ3v) is 4.10. The third-order valence-electron chi connectivity index (χ3n) is 4.10. The highest BCUT2D eigenvalue weighted by molar-refractivity contribution is 5.80. The van der Waals surface area contributed by atoms with Gasteiger partial charge in [-0.05, 0) is 37.5 Å². The van der Waals surface area contributed by atoms with Gasteiger partial charge in [0.25, 0.3) is 0 Å². The number of hydrogen-bond acceptors (Lipinski definition) is 3. The molecule has 5 nitrogen and oxygen atoms in total.